The van der Waals surface area contributed by atoms with Crippen molar-refractivity contribution in [2.45, 2.75) is 6.92 Å². The molecule has 0 bridgehead atoms. The lowest BCUT2D eigenvalue weighted by Gasteiger charge is -2.10. The lowest BCUT2D eigenvalue weighted by atomic mass is 10.0. The van der Waals surface area contributed by atoms with Crippen LogP contribution >= 0.6 is 0 Å². The first-order valence-electron chi connectivity index (χ1n) is 11.0. The van der Waals surface area contributed by atoms with E-state index in [2.05, 4.69) is 16.8 Å². The molecule has 0 unspecified atom stereocenters. The van der Waals surface area contributed by atoms with E-state index in [9.17, 15) is 19.5 Å². The zero-order chi connectivity index (χ0) is 25.9. The van der Waals surface area contributed by atoms with Crippen LogP contribution in [0.15, 0.2) is 89.6 Å². The Morgan fingerprint density at radius 2 is 1.61 bits per heavy atom. The molecular formula is C27H24N2O7. The molecule has 184 valence electrons. The molecule has 1 N–H and O–H groups in total. The number of carbonyl (C=O) groups excluding carboxylic acids is 3. The van der Waals surface area contributed by atoms with Gasteiger partial charge < -0.3 is 19.3 Å². The Labute approximate surface area is 207 Å². The van der Waals surface area contributed by atoms with E-state index in [0.29, 0.717) is 17.9 Å². The quantitative estimate of drug-likeness (QED) is 0.127. The van der Waals surface area contributed by atoms with Crippen molar-refractivity contribution < 1.29 is 33.7 Å². The molecule has 3 rings (SSSR count). The molecular weight excluding hydrogens is 464 g/mol. The molecule has 0 saturated heterocycles. The Bertz CT molecular complexity index is 1270. The Kier molecular flexibility index (Phi) is 9.05. The minimum atomic E-state index is -0.599. The fourth-order valence-corrected chi connectivity index (χ4v) is 3.03. The van der Waals surface area contributed by atoms with Crippen molar-refractivity contribution in [2.24, 2.45) is 10.2 Å². The van der Waals surface area contributed by atoms with Gasteiger partial charge in [0.15, 0.2) is 11.5 Å². The summed E-state index contributed by atoms with van der Waals surface area (Å²) in [6.45, 7) is 5.20. The lowest BCUT2D eigenvalue weighted by Crippen LogP contribution is -2.12. The molecule has 3 aromatic rings. The summed E-state index contributed by atoms with van der Waals surface area (Å²) in [4.78, 5) is 36.0. The van der Waals surface area contributed by atoms with E-state index in [1.807, 2.05) is 0 Å². The second-order valence-corrected chi connectivity index (χ2v) is 7.22. The summed E-state index contributed by atoms with van der Waals surface area (Å²) in [5.74, 6) is -1.52. The van der Waals surface area contributed by atoms with E-state index in [1.54, 1.807) is 49.4 Å². The van der Waals surface area contributed by atoms with Gasteiger partial charge in [-0.2, -0.15) is 5.11 Å². The van der Waals surface area contributed by atoms with Crippen LogP contribution in [-0.2, 0) is 14.3 Å². The monoisotopic (exact) mass is 488 g/mol. The minimum Gasteiger partial charge on any atom is -0.507 e. The van der Waals surface area contributed by atoms with Gasteiger partial charge in [0.2, 0.25) is 0 Å². The molecule has 0 saturated carbocycles. The van der Waals surface area contributed by atoms with Crippen molar-refractivity contribution in [1.29, 1.82) is 0 Å². The van der Waals surface area contributed by atoms with Crippen molar-refractivity contribution in [2.75, 3.05) is 19.8 Å². The third-order valence-electron chi connectivity index (χ3n) is 4.76. The van der Waals surface area contributed by atoms with E-state index in [-0.39, 0.29) is 47.3 Å². The number of rotatable bonds is 11. The molecule has 9 heteroatoms. The number of esters is 2. The van der Waals surface area contributed by atoms with Crippen LogP contribution in [0.1, 0.15) is 33.2 Å². The van der Waals surface area contributed by atoms with Gasteiger partial charge in [0.05, 0.1) is 23.4 Å². The van der Waals surface area contributed by atoms with Gasteiger partial charge in [-0.3, -0.25) is 4.79 Å². The molecule has 0 amide bonds. The molecule has 0 spiro atoms. The van der Waals surface area contributed by atoms with Crippen molar-refractivity contribution in [3.05, 3.63) is 96.1 Å². The maximum Gasteiger partial charge on any atom is 0.338 e. The number of aromatic hydroxyl groups is 1. The topological polar surface area (TPSA) is 124 Å². The molecule has 9 nitrogen and oxygen atoms in total. The van der Waals surface area contributed by atoms with E-state index in [4.69, 9.17) is 14.2 Å². The number of ketones is 1. The maximum absolute atomic E-state index is 12.9. The number of phenols is 1. The van der Waals surface area contributed by atoms with Gasteiger partial charge in [0.1, 0.15) is 24.7 Å². The summed E-state index contributed by atoms with van der Waals surface area (Å²) in [6.07, 6.45) is 1.02. The van der Waals surface area contributed by atoms with Gasteiger partial charge in [0, 0.05) is 17.7 Å². The molecule has 0 aliphatic carbocycles. The highest BCUT2D eigenvalue weighted by Gasteiger charge is 2.18. The van der Waals surface area contributed by atoms with Gasteiger partial charge in [-0.05, 0) is 37.3 Å². The van der Waals surface area contributed by atoms with Crippen LogP contribution < -0.4 is 4.74 Å². The summed E-state index contributed by atoms with van der Waals surface area (Å²) in [5, 5.41) is 18.8. The predicted molar refractivity (Wildman–Crippen MR) is 131 cm³/mol. The van der Waals surface area contributed by atoms with E-state index in [0.717, 1.165) is 6.08 Å². The number of hydrogen-bond donors (Lipinski definition) is 1. The molecule has 0 heterocycles. The smallest absolute Gasteiger partial charge is 0.338 e. The molecule has 36 heavy (non-hydrogen) atoms. The van der Waals surface area contributed by atoms with Crippen LogP contribution in [0.2, 0.25) is 0 Å². The maximum atomic E-state index is 12.9. The Hall–Kier alpha value is -4.79. The molecule has 3 aromatic carbocycles. The Morgan fingerprint density at radius 1 is 0.917 bits per heavy atom. The SMILES string of the molecule is C=CC(=O)OCCOC(=O)c1ccc(N=Nc2cc(C(=O)c3ccccc3)c(O)cc2OCC)cc1. The zero-order valence-corrected chi connectivity index (χ0v) is 19.5. The zero-order valence-electron chi connectivity index (χ0n) is 19.5. The first-order valence-corrected chi connectivity index (χ1v) is 11.0. The van der Waals surface area contributed by atoms with Gasteiger partial charge in [0.25, 0.3) is 0 Å². The number of ether oxygens (including phenoxy) is 3. The second kappa shape index (κ2) is 12.6. The fraction of sp³-hybridized carbons (Fsp3) is 0.148. The van der Waals surface area contributed by atoms with Crippen LogP contribution in [0, 0.1) is 0 Å². The van der Waals surface area contributed by atoms with Crippen LogP contribution in [0.4, 0.5) is 11.4 Å². The summed E-state index contributed by atoms with van der Waals surface area (Å²) >= 11 is 0. The number of nitrogens with zero attached hydrogens (tertiary/aromatic N) is 2. The minimum absolute atomic E-state index is 0.0652. The predicted octanol–water partition coefficient (Wildman–Crippen LogP) is 5.32. The largest absolute Gasteiger partial charge is 0.507 e. The van der Waals surface area contributed by atoms with Crippen molar-refractivity contribution in [3.8, 4) is 11.5 Å². The fourth-order valence-electron chi connectivity index (χ4n) is 3.03. The highest BCUT2D eigenvalue weighted by molar-refractivity contribution is 6.11. The third-order valence-corrected chi connectivity index (χ3v) is 4.76. The number of phenolic OH excluding ortho intramolecular Hbond substituents is 1. The summed E-state index contributed by atoms with van der Waals surface area (Å²) in [5.41, 5.74) is 1.44. The summed E-state index contributed by atoms with van der Waals surface area (Å²) in [6, 6.07) is 17.5. The second-order valence-electron chi connectivity index (χ2n) is 7.22. The highest BCUT2D eigenvalue weighted by atomic mass is 16.6. The third kappa shape index (κ3) is 6.86. The van der Waals surface area contributed by atoms with Crippen molar-refractivity contribution in [1.82, 2.24) is 0 Å². The lowest BCUT2D eigenvalue weighted by molar-refractivity contribution is -0.138. The van der Waals surface area contributed by atoms with Crippen LogP contribution in [0.25, 0.3) is 0 Å². The molecule has 0 aromatic heterocycles. The molecule has 0 atom stereocenters. The van der Waals surface area contributed by atoms with Gasteiger partial charge in [-0.1, -0.05) is 36.9 Å². The summed E-state index contributed by atoms with van der Waals surface area (Å²) in [7, 11) is 0. The van der Waals surface area contributed by atoms with Crippen LogP contribution in [0.5, 0.6) is 11.5 Å². The first-order chi connectivity index (χ1) is 17.4. The highest BCUT2D eigenvalue weighted by Crippen LogP contribution is 2.36. The van der Waals surface area contributed by atoms with E-state index in [1.165, 1.54) is 24.3 Å². The van der Waals surface area contributed by atoms with Gasteiger partial charge >= 0.3 is 11.9 Å². The van der Waals surface area contributed by atoms with E-state index >= 15 is 0 Å². The van der Waals surface area contributed by atoms with Crippen molar-refractivity contribution >= 4 is 29.1 Å². The number of carbonyl (C=O) groups is 3. The van der Waals surface area contributed by atoms with Gasteiger partial charge in [-0.25, -0.2) is 9.59 Å². The first kappa shape index (κ1) is 25.8. The molecule has 0 fully saturated rings. The van der Waals surface area contributed by atoms with Crippen molar-refractivity contribution in [3.63, 3.8) is 0 Å². The molecule has 0 aliphatic heterocycles. The standard InChI is InChI=1S/C27H24N2O7/c1-3-25(31)35-14-15-36-27(33)19-10-12-20(13-11-19)28-29-22-16-21(23(30)17-24(22)34-4-2)26(32)18-8-6-5-7-9-18/h3,5-13,16-17,30H,1,4,14-15H2,2H3. The Balaban J connectivity index is 1.74. The van der Waals surface area contributed by atoms with Crippen LogP contribution in [0.3, 0.4) is 0 Å². The average molecular weight is 488 g/mol. The number of benzene rings is 3. The molecule has 0 radical (unpaired) electrons. The van der Waals surface area contributed by atoms with Crippen LogP contribution in [-0.4, -0.2) is 42.6 Å². The van der Waals surface area contributed by atoms with E-state index < -0.39 is 11.9 Å². The number of hydrogen-bond acceptors (Lipinski definition) is 9. The number of azo groups is 1. The molecule has 0 aliphatic rings. The summed E-state index contributed by atoms with van der Waals surface area (Å²) < 4.78 is 15.3. The average Bonchev–Trinajstić information content (AvgIpc) is 2.91. The van der Waals surface area contributed by atoms with Gasteiger partial charge in [-0.15, -0.1) is 5.11 Å². The Morgan fingerprint density at radius 3 is 2.28 bits per heavy atom. The normalized spacial score (nSPS) is 10.6.